The molecule has 4 nitrogen and oxygen atoms in total. The quantitative estimate of drug-likeness (QED) is 0.545. The fraction of sp³-hybridized carbons (Fsp3) is 0.176. The van der Waals surface area contributed by atoms with Gasteiger partial charge >= 0.3 is 11.9 Å². The van der Waals surface area contributed by atoms with E-state index in [9.17, 15) is 9.59 Å². The van der Waals surface area contributed by atoms with Crippen LogP contribution in [0.3, 0.4) is 0 Å². The summed E-state index contributed by atoms with van der Waals surface area (Å²) in [6, 6.07) is 14.5. The van der Waals surface area contributed by atoms with E-state index >= 15 is 0 Å². The van der Waals surface area contributed by atoms with Gasteiger partial charge in [0, 0.05) is 9.37 Å². The normalized spacial score (nSPS) is 10.2. The van der Waals surface area contributed by atoms with E-state index in [0.29, 0.717) is 5.56 Å². The number of carbonyl (C=O) groups is 2. The van der Waals surface area contributed by atoms with Crippen LogP contribution in [0.15, 0.2) is 57.9 Å². The van der Waals surface area contributed by atoms with Gasteiger partial charge in [-0.3, -0.25) is 4.79 Å². The largest absolute Gasteiger partial charge is 0.465 e. The lowest BCUT2D eigenvalue weighted by molar-refractivity contribution is -0.141. The van der Waals surface area contributed by atoms with Gasteiger partial charge in [-0.25, -0.2) is 4.79 Å². The molecule has 23 heavy (non-hydrogen) atoms. The molecule has 0 amide bonds. The van der Waals surface area contributed by atoms with Gasteiger partial charge in [-0.2, -0.15) is 0 Å². The Morgan fingerprint density at radius 1 is 1.04 bits per heavy atom. The third-order valence-electron chi connectivity index (χ3n) is 2.95. The molecule has 0 atom stereocenters. The summed E-state index contributed by atoms with van der Waals surface area (Å²) in [5.41, 5.74) is 1.29. The van der Waals surface area contributed by atoms with Crippen molar-refractivity contribution >= 4 is 39.6 Å². The molecule has 0 heterocycles. The van der Waals surface area contributed by atoms with Crippen LogP contribution in [0.25, 0.3) is 0 Å². The van der Waals surface area contributed by atoms with Crippen LogP contribution in [0.5, 0.6) is 0 Å². The molecular formula is C17H15BrO4S. The van der Waals surface area contributed by atoms with Crippen molar-refractivity contribution in [3.63, 3.8) is 0 Å². The lowest BCUT2D eigenvalue weighted by atomic mass is 10.1. The van der Waals surface area contributed by atoms with Crippen molar-refractivity contribution in [3.8, 4) is 0 Å². The molecule has 120 valence electrons. The molecule has 0 aliphatic rings. The molecule has 2 rings (SSSR count). The summed E-state index contributed by atoms with van der Waals surface area (Å²) in [5, 5.41) is 0. The second kappa shape index (κ2) is 8.74. The SMILES string of the molecule is COC(=O)c1ccc(COC(=O)CSc2ccc(Br)cc2)cc1. The van der Waals surface area contributed by atoms with E-state index < -0.39 is 0 Å². The monoisotopic (exact) mass is 394 g/mol. The summed E-state index contributed by atoms with van der Waals surface area (Å²) < 4.78 is 10.8. The molecular weight excluding hydrogens is 380 g/mol. The third kappa shape index (κ3) is 5.73. The van der Waals surface area contributed by atoms with Crippen LogP contribution in [0, 0.1) is 0 Å². The van der Waals surface area contributed by atoms with E-state index in [1.54, 1.807) is 24.3 Å². The van der Waals surface area contributed by atoms with Gasteiger partial charge < -0.3 is 9.47 Å². The van der Waals surface area contributed by atoms with E-state index in [1.165, 1.54) is 18.9 Å². The van der Waals surface area contributed by atoms with Crippen LogP contribution in [-0.4, -0.2) is 24.8 Å². The second-order valence-electron chi connectivity index (χ2n) is 4.59. The van der Waals surface area contributed by atoms with Crippen molar-refractivity contribution in [2.75, 3.05) is 12.9 Å². The average molecular weight is 395 g/mol. The molecule has 0 aromatic heterocycles. The van der Waals surface area contributed by atoms with E-state index in [-0.39, 0.29) is 24.3 Å². The number of carbonyl (C=O) groups excluding carboxylic acids is 2. The molecule has 0 saturated carbocycles. The molecule has 0 spiro atoms. The minimum atomic E-state index is -0.389. The van der Waals surface area contributed by atoms with Crippen molar-refractivity contribution in [1.29, 1.82) is 0 Å². The minimum Gasteiger partial charge on any atom is -0.465 e. The highest BCUT2D eigenvalue weighted by atomic mass is 79.9. The maximum atomic E-state index is 11.8. The van der Waals surface area contributed by atoms with Crippen molar-refractivity contribution in [1.82, 2.24) is 0 Å². The van der Waals surface area contributed by atoms with Crippen molar-refractivity contribution < 1.29 is 19.1 Å². The average Bonchev–Trinajstić information content (AvgIpc) is 2.59. The smallest absolute Gasteiger partial charge is 0.337 e. The van der Waals surface area contributed by atoms with Crippen LogP contribution >= 0.6 is 27.7 Å². The predicted octanol–water partition coefficient (Wildman–Crippen LogP) is 4.07. The predicted molar refractivity (Wildman–Crippen MR) is 92.4 cm³/mol. The highest BCUT2D eigenvalue weighted by molar-refractivity contribution is 9.10. The first-order valence-corrected chi connectivity index (χ1v) is 8.57. The number of thioether (sulfide) groups is 1. The van der Waals surface area contributed by atoms with Crippen molar-refractivity contribution in [3.05, 3.63) is 64.1 Å². The number of halogens is 1. The van der Waals surface area contributed by atoms with Gasteiger partial charge in [0.25, 0.3) is 0 Å². The first kappa shape index (κ1) is 17.6. The van der Waals surface area contributed by atoms with Gasteiger partial charge in [-0.15, -0.1) is 11.8 Å². The van der Waals surface area contributed by atoms with Crippen molar-refractivity contribution in [2.24, 2.45) is 0 Å². The molecule has 0 unspecified atom stereocenters. The van der Waals surface area contributed by atoms with Gasteiger partial charge in [-0.05, 0) is 42.0 Å². The fourth-order valence-corrected chi connectivity index (χ4v) is 2.69. The van der Waals surface area contributed by atoms with Crippen molar-refractivity contribution in [2.45, 2.75) is 11.5 Å². The molecule has 2 aromatic carbocycles. The first-order chi connectivity index (χ1) is 11.1. The fourth-order valence-electron chi connectivity index (χ4n) is 1.73. The molecule has 0 saturated heterocycles. The Kier molecular flexibility index (Phi) is 6.67. The summed E-state index contributed by atoms with van der Waals surface area (Å²) in [5.74, 6) is -0.420. The number of benzene rings is 2. The summed E-state index contributed by atoms with van der Waals surface area (Å²) in [6.45, 7) is 0.182. The Labute approximate surface area is 147 Å². The van der Waals surface area contributed by atoms with Gasteiger partial charge in [-0.1, -0.05) is 28.1 Å². The zero-order valence-corrected chi connectivity index (χ0v) is 14.9. The van der Waals surface area contributed by atoms with E-state index in [2.05, 4.69) is 20.7 Å². The van der Waals surface area contributed by atoms with Crippen LogP contribution in [-0.2, 0) is 20.9 Å². The highest BCUT2D eigenvalue weighted by Crippen LogP contribution is 2.20. The Balaban J connectivity index is 1.77. The zero-order chi connectivity index (χ0) is 16.7. The molecule has 0 bridgehead atoms. The molecule has 0 aliphatic heterocycles. The van der Waals surface area contributed by atoms with E-state index in [0.717, 1.165) is 14.9 Å². The molecule has 2 aromatic rings. The summed E-state index contributed by atoms with van der Waals surface area (Å²) in [7, 11) is 1.33. The standard InChI is InChI=1S/C17H15BrO4S/c1-21-17(20)13-4-2-12(3-5-13)10-22-16(19)11-23-15-8-6-14(18)7-9-15/h2-9H,10-11H2,1H3. The summed E-state index contributed by atoms with van der Waals surface area (Å²) >= 11 is 4.79. The van der Waals surface area contributed by atoms with Crippen LogP contribution < -0.4 is 0 Å². The zero-order valence-electron chi connectivity index (χ0n) is 12.5. The second-order valence-corrected chi connectivity index (χ2v) is 6.56. The Morgan fingerprint density at radius 2 is 1.70 bits per heavy atom. The lowest BCUT2D eigenvalue weighted by Crippen LogP contribution is -2.07. The number of hydrogen-bond donors (Lipinski definition) is 0. The lowest BCUT2D eigenvalue weighted by Gasteiger charge is -2.06. The first-order valence-electron chi connectivity index (χ1n) is 6.80. The molecule has 0 fully saturated rings. The maximum absolute atomic E-state index is 11.8. The number of hydrogen-bond acceptors (Lipinski definition) is 5. The van der Waals surface area contributed by atoms with Crippen LogP contribution in [0.1, 0.15) is 15.9 Å². The maximum Gasteiger partial charge on any atom is 0.337 e. The highest BCUT2D eigenvalue weighted by Gasteiger charge is 2.07. The number of ether oxygens (including phenoxy) is 2. The van der Waals surface area contributed by atoms with E-state index in [4.69, 9.17) is 4.74 Å². The molecule has 6 heteroatoms. The Hall–Kier alpha value is -1.79. The Morgan fingerprint density at radius 3 is 2.30 bits per heavy atom. The van der Waals surface area contributed by atoms with Crippen LogP contribution in [0.4, 0.5) is 0 Å². The van der Waals surface area contributed by atoms with Crippen LogP contribution in [0.2, 0.25) is 0 Å². The van der Waals surface area contributed by atoms with Gasteiger partial charge in [0.2, 0.25) is 0 Å². The minimum absolute atomic E-state index is 0.182. The molecule has 0 aliphatic carbocycles. The van der Waals surface area contributed by atoms with E-state index in [1.807, 2.05) is 24.3 Å². The number of methoxy groups -OCH3 is 1. The number of esters is 2. The van der Waals surface area contributed by atoms with Gasteiger partial charge in [0.15, 0.2) is 0 Å². The van der Waals surface area contributed by atoms with Gasteiger partial charge in [0.1, 0.15) is 6.61 Å². The molecule has 0 radical (unpaired) electrons. The summed E-state index contributed by atoms with van der Waals surface area (Å²) in [4.78, 5) is 24.1. The topological polar surface area (TPSA) is 52.6 Å². The van der Waals surface area contributed by atoms with Gasteiger partial charge in [0.05, 0.1) is 18.4 Å². The molecule has 0 N–H and O–H groups in total. The Bertz CT molecular complexity index is 668. The number of rotatable bonds is 6. The summed E-state index contributed by atoms with van der Waals surface area (Å²) in [6.07, 6.45) is 0. The third-order valence-corrected chi connectivity index (χ3v) is 4.46.